The van der Waals surface area contributed by atoms with Crippen LogP contribution in [0.1, 0.15) is 26.2 Å². The van der Waals surface area contributed by atoms with Crippen molar-refractivity contribution in [2.45, 2.75) is 32.2 Å². The van der Waals surface area contributed by atoms with Gasteiger partial charge >= 0.3 is 0 Å². The first-order chi connectivity index (χ1) is 7.81. The molecule has 1 fully saturated rings. The summed E-state index contributed by atoms with van der Waals surface area (Å²) < 4.78 is 0. The molecule has 0 aromatic heterocycles. The lowest BCUT2D eigenvalue weighted by Gasteiger charge is -2.36. The van der Waals surface area contributed by atoms with E-state index in [1.165, 1.54) is 0 Å². The molecule has 1 saturated heterocycles. The minimum absolute atomic E-state index is 0.102. The van der Waals surface area contributed by atoms with Crippen LogP contribution >= 0.6 is 0 Å². The maximum Gasteiger partial charge on any atom is 0.0978 e. The van der Waals surface area contributed by atoms with E-state index in [1.54, 1.807) is 0 Å². The van der Waals surface area contributed by atoms with Crippen LogP contribution in [0.25, 0.3) is 0 Å². The van der Waals surface area contributed by atoms with Gasteiger partial charge in [0, 0.05) is 39.3 Å². The van der Waals surface area contributed by atoms with Gasteiger partial charge in [-0.15, -0.1) is 0 Å². The second-order valence-electron chi connectivity index (χ2n) is 4.39. The average molecular weight is 225 g/mol. The van der Waals surface area contributed by atoms with E-state index >= 15 is 0 Å². The van der Waals surface area contributed by atoms with E-state index in [4.69, 9.17) is 10.4 Å². The predicted molar refractivity (Wildman–Crippen MR) is 64.0 cm³/mol. The van der Waals surface area contributed by atoms with Gasteiger partial charge in [-0.3, -0.25) is 4.90 Å². The molecule has 0 radical (unpaired) electrons. The smallest absolute Gasteiger partial charge is 0.0978 e. The molecule has 1 atom stereocenters. The maximum atomic E-state index is 9.08. The van der Waals surface area contributed by atoms with E-state index in [0.717, 1.165) is 52.0 Å². The quantitative estimate of drug-likeness (QED) is 0.722. The van der Waals surface area contributed by atoms with Gasteiger partial charge in [0.1, 0.15) is 0 Å². The molecule has 0 saturated carbocycles. The predicted octanol–water partition coefficient (Wildman–Crippen LogP) is 0.679. The van der Waals surface area contributed by atoms with Crippen molar-refractivity contribution in [2.75, 3.05) is 39.3 Å². The SMILES string of the molecule is CCCC(C#N)N1CCN(CCCO)CC1. The fraction of sp³-hybridized carbons (Fsp3) is 0.917. The molecule has 4 heteroatoms. The van der Waals surface area contributed by atoms with Crippen LogP contribution in [0.4, 0.5) is 0 Å². The number of piperazine rings is 1. The van der Waals surface area contributed by atoms with Crippen LogP contribution in [0.3, 0.4) is 0 Å². The van der Waals surface area contributed by atoms with Gasteiger partial charge in [-0.25, -0.2) is 0 Å². The average Bonchev–Trinajstić information content (AvgIpc) is 2.34. The van der Waals surface area contributed by atoms with Crippen LogP contribution in [-0.4, -0.2) is 60.3 Å². The first kappa shape index (κ1) is 13.4. The molecule has 0 bridgehead atoms. The first-order valence-electron chi connectivity index (χ1n) is 6.28. The molecule has 1 N–H and O–H groups in total. The number of rotatable bonds is 6. The third-order valence-corrected chi connectivity index (χ3v) is 3.19. The van der Waals surface area contributed by atoms with E-state index in [0.29, 0.717) is 0 Å². The maximum absolute atomic E-state index is 9.08. The highest BCUT2D eigenvalue weighted by Gasteiger charge is 2.22. The van der Waals surface area contributed by atoms with E-state index in [2.05, 4.69) is 22.8 Å². The lowest BCUT2D eigenvalue weighted by molar-refractivity contribution is 0.105. The van der Waals surface area contributed by atoms with Crippen molar-refractivity contribution in [1.29, 1.82) is 5.26 Å². The van der Waals surface area contributed by atoms with Crippen molar-refractivity contribution in [3.8, 4) is 6.07 Å². The molecule has 0 spiro atoms. The number of aliphatic hydroxyl groups excluding tert-OH is 1. The number of nitrogens with zero attached hydrogens (tertiary/aromatic N) is 3. The number of aliphatic hydroxyl groups is 1. The minimum Gasteiger partial charge on any atom is -0.396 e. The lowest BCUT2D eigenvalue weighted by Crippen LogP contribution is -2.50. The Morgan fingerprint density at radius 1 is 1.31 bits per heavy atom. The Kier molecular flexibility index (Phi) is 6.39. The molecule has 0 aliphatic carbocycles. The standard InChI is InChI=1S/C12H23N3O/c1-2-4-12(11-13)15-8-6-14(7-9-15)5-3-10-16/h12,16H,2-10H2,1H3. The normalized spacial score (nSPS) is 20.6. The lowest BCUT2D eigenvalue weighted by atomic mass is 10.1. The molecule has 0 aromatic rings. The van der Waals surface area contributed by atoms with Gasteiger partial charge in [-0.1, -0.05) is 13.3 Å². The monoisotopic (exact) mass is 225 g/mol. The third-order valence-electron chi connectivity index (χ3n) is 3.19. The fourth-order valence-corrected chi connectivity index (χ4v) is 2.20. The number of hydrogen-bond donors (Lipinski definition) is 1. The zero-order valence-electron chi connectivity index (χ0n) is 10.2. The molecule has 1 rings (SSSR count). The zero-order chi connectivity index (χ0) is 11.8. The van der Waals surface area contributed by atoms with E-state index < -0.39 is 0 Å². The molecule has 1 aliphatic rings. The molecular weight excluding hydrogens is 202 g/mol. The Morgan fingerprint density at radius 3 is 2.50 bits per heavy atom. The number of nitriles is 1. The van der Waals surface area contributed by atoms with E-state index in [-0.39, 0.29) is 12.6 Å². The molecule has 0 amide bonds. The summed E-state index contributed by atoms with van der Waals surface area (Å²) in [4.78, 5) is 4.66. The second-order valence-corrected chi connectivity index (χ2v) is 4.39. The molecular formula is C12H23N3O. The molecule has 1 aliphatic heterocycles. The first-order valence-corrected chi connectivity index (χ1v) is 6.28. The van der Waals surface area contributed by atoms with Crippen molar-refractivity contribution in [3.63, 3.8) is 0 Å². The Morgan fingerprint density at radius 2 is 2.00 bits per heavy atom. The Bertz CT molecular complexity index is 219. The molecule has 16 heavy (non-hydrogen) atoms. The van der Waals surface area contributed by atoms with Crippen LogP contribution in [-0.2, 0) is 0 Å². The minimum atomic E-state index is 0.102. The van der Waals surface area contributed by atoms with Crippen molar-refractivity contribution >= 4 is 0 Å². The molecule has 92 valence electrons. The van der Waals surface area contributed by atoms with Crippen LogP contribution in [0.5, 0.6) is 0 Å². The summed E-state index contributed by atoms with van der Waals surface area (Å²) in [7, 11) is 0. The zero-order valence-corrected chi connectivity index (χ0v) is 10.2. The number of hydrogen-bond acceptors (Lipinski definition) is 4. The third kappa shape index (κ3) is 4.09. The van der Waals surface area contributed by atoms with Crippen LogP contribution in [0.15, 0.2) is 0 Å². The Labute approximate surface area is 98.5 Å². The summed E-state index contributed by atoms with van der Waals surface area (Å²) in [5.74, 6) is 0. The Hall–Kier alpha value is -0.630. The van der Waals surface area contributed by atoms with Crippen LogP contribution < -0.4 is 0 Å². The highest BCUT2D eigenvalue weighted by Crippen LogP contribution is 2.10. The summed E-state index contributed by atoms with van der Waals surface area (Å²) in [6.45, 7) is 7.42. The van der Waals surface area contributed by atoms with Crippen LogP contribution in [0.2, 0.25) is 0 Å². The van der Waals surface area contributed by atoms with Gasteiger partial charge in [0.15, 0.2) is 0 Å². The van der Waals surface area contributed by atoms with Gasteiger partial charge in [0.25, 0.3) is 0 Å². The molecule has 1 heterocycles. The summed E-state index contributed by atoms with van der Waals surface area (Å²) in [6.07, 6.45) is 2.91. The molecule has 0 aromatic carbocycles. The van der Waals surface area contributed by atoms with Gasteiger partial charge < -0.3 is 10.0 Å². The van der Waals surface area contributed by atoms with E-state index in [9.17, 15) is 0 Å². The summed E-state index contributed by atoms with van der Waals surface area (Å²) in [5, 5.41) is 17.8. The van der Waals surface area contributed by atoms with Gasteiger partial charge in [0.2, 0.25) is 0 Å². The summed E-state index contributed by atoms with van der Waals surface area (Å²) in [5.41, 5.74) is 0. The van der Waals surface area contributed by atoms with Crippen molar-refractivity contribution in [2.24, 2.45) is 0 Å². The fourth-order valence-electron chi connectivity index (χ4n) is 2.20. The summed E-state index contributed by atoms with van der Waals surface area (Å²) in [6, 6.07) is 2.50. The largest absolute Gasteiger partial charge is 0.396 e. The highest BCUT2D eigenvalue weighted by molar-refractivity contribution is 4.93. The summed E-state index contributed by atoms with van der Waals surface area (Å²) >= 11 is 0. The topological polar surface area (TPSA) is 50.5 Å². The van der Waals surface area contributed by atoms with E-state index in [1.807, 2.05) is 0 Å². The Balaban J connectivity index is 2.28. The highest BCUT2D eigenvalue weighted by atomic mass is 16.3. The van der Waals surface area contributed by atoms with Crippen LogP contribution in [0, 0.1) is 11.3 Å². The van der Waals surface area contributed by atoms with Crippen molar-refractivity contribution in [1.82, 2.24) is 9.80 Å². The van der Waals surface area contributed by atoms with Gasteiger partial charge in [-0.05, 0) is 12.8 Å². The second kappa shape index (κ2) is 7.61. The molecule has 4 nitrogen and oxygen atoms in total. The molecule has 1 unspecified atom stereocenters. The van der Waals surface area contributed by atoms with Crippen molar-refractivity contribution in [3.05, 3.63) is 0 Å². The van der Waals surface area contributed by atoms with Gasteiger partial charge in [-0.2, -0.15) is 5.26 Å². The van der Waals surface area contributed by atoms with Gasteiger partial charge in [0.05, 0.1) is 12.1 Å². The van der Waals surface area contributed by atoms with Crippen molar-refractivity contribution < 1.29 is 5.11 Å².